The number of hydrogen-bond acceptors (Lipinski definition) is 1. The Balaban J connectivity index is 2.18. The molecule has 22 heavy (non-hydrogen) atoms. The molecule has 0 unspecified atom stereocenters. The van der Waals surface area contributed by atoms with Crippen molar-refractivity contribution in [2.45, 2.75) is 51.6 Å². The minimum Gasteiger partial charge on any atom is -0.330 e. The molecule has 0 aromatic heterocycles. The van der Waals surface area contributed by atoms with Crippen LogP contribution in [-0.2, 0) is 12.8 Å². The highest BCUT2D eigenvalue weighted by molar-refractivity contribution is 5.94. The van der Waals surface area contributed by atoms with Crippen LogP contribution in [0.1, 0.15) is 54.1 Å². The van der Waals surface area contributed by atoms with Crippen molar-refractivity contribution in [1.82, 2.24) is 4.90 Å². The summed E-state index contributed by atoms with van der Waals surface area (Å²) in [5, 5.41) is 0. The number of fused-ring (bicyclic) bond motifs is 1. The molecule has 0 saturated carbocycles. The molecule has 122 valence electrons. The first-order valence-corrected chi connectivity index (χ1v) is 7.88. The van der Waals surface area contributed by atoms with E-state index in [9.17, 15) is 18.0 Å². The Hall–Kier alpha value is -1.52. The van der Waals surface area contributed by atoms with Gasteiger partial charge in [0.25, 0.3) is 5.91 Å². The van der Waals surface area contributed by atoms with Gasteiger partial charge in [-0.3, -0.25) is 4.79 Å². The van der Waals surface area contributed by atoms with Gasteiger partial charge < -0.3 is 4.90 Å². The van der Waals surface area contributed by atoms with Crippen molar-refractivity contribution >= 4 is 5.91 Å². The zero-order valence-electron chi connectivity index (χ0n) is 12.9. The standard InChI is InChI=1S/C17H22F3NO/c1-2-3-10-21(12-17(18,19)20)16(22)15-9-8-13-6-4-5-7-14(13)11-15/h8-9,11H,2-7,10,12H2,1H3. The van der Waals surface area contributed by atoms with Crippen LogP contribution in [0.3, 0.4) is 0 Å². The predicted octanol–water partition coefficient (Wildman–Crippen LogP) is 4.37. The molecule has 1 aliphatic rings. The van der Waals surface area contributed by atoms with Crippen LogP contribution in [0.15, 0.2) is 18.2 Å². The van der Waals surface area contributed by atoms with E-state index in [0.29, 0.717) is 12.0 Å². The quantitative estimate of drug-likeness (QED) is 0.790. The summed E-state index contributed by atoms with van der Waals surface area (Å²) in [4.78, 5) is 13.4. The largest absolute Gasteiger partial charge is 0.406 e. The molecule has 1 aliphatic carbocycles. The lowest BCUT2D eigenvalue weighted by molar-refractivity contribution is -0.140. The molecule has 2 rings (SSSR count). The second-order valence-corrected chi connectivity index (χ2v) is 5.89. The molecule has 0 heterocycles. The fourth-order valence-electron chi connectivity index (χ4n) is 2.87. The maximum Gasteiger partial charge on any atom is 0.406 e. The van der Waals surface area contributed by atoms with Crippen LogP contribution < -0.4 is 0 Å². The number of amides is 1. The van der Waals surface area contributed by atoms with Gasteiger partial charge in [-0.05, 0) is 55.4 Å². The van der Waals surface area contributed by atoms with Gasteiger partial charge in [-0.1, -0.05) is 19.4 Å². The van der Waals surface area contributed by atoms with Crippen LogP contribution in [-0.4, -0.2) is 30.1 Å². The maximum atomic E-state index is 12.7. The van der Waals surface area contributed by atoms with E-state index in [0.717, 1.165) is 42.6 Å². The molecule has 0 saturated heterocycles. The Bertz CT molecular complexity index is 525. The van der Waals surface area contributed by atoms with E-state index in [1.165, 1.54) is 5.56 Å². The first-order chi connectivity index (χ1) is 10.4. The molecule has 0 atom stereocenters. The Kier molecular flexibility index (Phi) is 5.48. The topological polar surface area (TPSA) is 20.3 Å². The molecular formula is C17H22F3NO. The third-order valence-corrected chi connectivity index (χ3v) is 4.03. The van der Waals surface area contributed by atoms with Crippen LogP contribution in [0.5, 0.6) is 0 Å². The lowest BCUT2D eigenvalue weighted by Gasteiger charge is -2.25. The van der Waals surface area contributed by atoms with Crippen LogP contribution in [0.2, 0.25) is 0 Å². The molecule has 5 heteroatoms. The molecule has 0 radical (unpaired) electrons. The summed E-state index contributed by atoms with van der Waals surface area (Å²) < 4.78 is 38.1. The average molecular weight is 313 g/mol. The molecule has 0 spiro atoms. The van der Waals surface area contributed by atoms with Crippen molar-refractivity contribution < 1.29 is 18.0 Å². The fraction of sp³-hybridized carbons (Fsp3) is 0.588. The Morgan fingerprint density at radius 2 is 1.86 bits per heavy atom. The molecule has 1 amide bonds. The SMILES string of the molecule is CCCCN(CC(F)(F)F)C(=O)c1ccc2c(c1)CCCC2. The Morgan fingerprint density at radius 1 is 1.18 bits per heavy atom. The van der Waals surface area contributed by atoms with E-state index in [1.54, 1.807) is 12.1 Å². The molecule has 2 nitrogen and oxygen atoms in total. The normalized spacial score (nSPS) is 14.5. The van der Waals surface area contributed by atoms with E-state index in [-0.39, 0.29) is 6.54 Å². The summed E-state index contributed by atoms with van der Waals surface area (Å²) in [6, 6.07) is 5.35. The number of benzene rings is 1. The van der Waals surface area contributed by atoms with Gasteiger partial charge in [-0.2, -0.15) is 13.2 Å². The Morgan fingerprint density at radius 3 is 2.50 bits per heavy atom. The van der Waals surface area contributed by atoms with E-state index in [4.69, 9.17) is 0 Å². The lowest BCUT2D eigenvalue weighted by atomic mass is 9.90. The van der Waals surface area contributed by atoms with Gasteiger partial charge in [0, 0.05) is 12.1 Å². The summed E-state index contributed by atoms with van der Waals surface area (Å²) in [5.74, 6) is -0.515. The second kappa shape index (κ2) is 7.16. The monoisotopic (exact) mass is 313 g/mol. The molecule has 0 N–H and O–H groups in total. The van der Waals surface area contributed by atoms with Gasteiger partial charge >= 0.3 is 6.18 Å². The van der Waals surface area contributed by atoms with Crippen molar-refractivity contribution in [2.24, 2.45) is 0 Å². The number of nitrogens with zero attached hydrogens (tertiary/aromatic N) is 1. The van der Waals surface area contributed by atoms with Crippen LogP contribution in [0, 0.1) is 0 Å². The number of alkyl halides is 3. The number of carbonyl (C=O) groups excluding carboxylic acids is 1. The Labute approximate surface area is 129 Å². The molecule has 1 aromatic rings. The van der Waals surface area contributed by atoms with Gasteiger partial charge in [0.15, 0.2) is 0 Å². The van der Waals surface area contributed by atoms with Gasteiger partial charge in [-0.25, -0.2) is 0 Å². The molecule has 0 aliphatic heterocycles. The summed E-state index contributed by atoms with van der Waals surface area (Å²) >= 11 is 0. The minimum atomic E-state index is -4.36. The predicted molar refractivity (Wildman–Crippen MR) is 80.0 cm³/mol. The average Bonchev–Trinajstić information content (AvgIpc) is 2.49. The van der Waals surface area contributed by atoms with Gasteiger partial charge in [0.1, 0.15) is 6.54 Å². The van der Waals surface area contributed by atoms with E-state index < -0.39 is 18.6 Å². The number of hydrogen-bond donors (Lipinski definition) is 0. The van der Waals surface area contributed by atoms with Gasteiger partial charge in [-0.15, -0.1) is 0 Å². The van der Waals surface area contributed by atoms with Gasteiger partial charge in [0.2, 0.25) is 0 Å². The zero-order valence-corrected chi connectivity index (χ0v) is 12.9. The first-order valence-electron chi connectivity index (χ1n) is 7.88. The third kappa shape index (κ3) is 4.49. The molecule has 0 fully saturated rings. The zero-order chi connectivity index (χ0) is 16.2. The van der Waals surface area contributed by atoms with Crippen molar-refractivity contribution in [1.29, 1.82) is 0 Å². The number of unbranched alkanes of at least 4 members (excludes halogenated alkanes) is 1. The summed E-state index contributed by atoms with van der Waals surface area (Å²) in [6.45, 7) is 0.865. The molecule has 0 bridgehead atoms. The first kappa shape index (κ1) is 16.8. The highest BCUT2D eigenvalue weighted by Gasteiger charge is 2.33. The third-order valence-electron chi connectivity index (χ3n) is 4.03. The van der Waals surface area contributed by atoms with Crippen molar-refractivity contribution in [3.63, 3.8) is 0 Å². The molecule has 1 aromatic carbocycles. The minimum absolute atomic E-state index is 0.145. The smallest absolute Gasteiger partial charge is 0.330 e. The van der Waals surface area contributed by atoms with E-state index in [2.05, 4.69) is 0 Å². The summed E-state index contributed by atoms with van der Waals surface area (Å²) in [6.07, 6.45) is 1.08. The van der Waals surface area contributed by atoms with Crippen LogP contribution >= 0.6 is 0 Å². The van der Waals surface area contributed by atoms with Gasteiger partial charge in [0.05, 0.1) is 0 Å². The van der Waals surface area contributed by atoms with Crippen molar-refractivity contribution in [3.05, 3.63) is 34.9 Å². The highest BCUT2D eigenvalue weighted by Crippen LogP contribution is 2.24. The van der Waals surface area contributed by atoms with Crippen LogP contribution in [0.4, 0.5) is 13.2 Å². The van der Waals surface area contributed by atoms with Crippen molar-refractivity contribution in [2.75, 3.05) is 13.1 Å². The van der Waals surface area contributed by atoms with E-state index >= 15 is 0 Å². The molecular weight excluding hydrogens is 291 g/mol. The van der Waals surface area contributed by atoms with Crippen LogP contribution in [0.25, 0.3) is 0 Å². The number of aryl methyl sites for hydroxylation is 2. The summed E-state index contributed by atoms with van der Waals surface area (Å²) in [5.41, 5.74) is 2.71. The number of halogens is 3. The number of carbonyl (C=O) groups is 1. The fourth-order valence-corrected chi connectivity index (χ4v) is 2.87. The summed E-state index contributed by atoms with van der Waals surface area (Å²) in [7, 11) is 0. The lowest BCUT2D eigenvalue weighted by Crippen LogP contribution is -2.39. The number of rotatable bonds is 5. The second-order valence-electron chi connectivity index (χ2n) is 5.89. The van der Waals surface area contributed by atoms with Crippen molar-refractivity contribution in [3.8, 4) is 0 Å². The maximum absolute atomic E-state index is 12.7. The van der Waals surface area contributed by atoms with E-state index in [1.807, 2.05) is 13.0 Å². The highest BCUT2D eigenvalue weighted by atomic mass is 19.4.